The van der Waals surface area contributed by atoms with Crippen LogP contribution in [0.25, 0.3) is 0 Å². The van der Waals surface area contributed by atoms with E-state index in [1.807, 2.05) is 13.8 Å². The molecule has 0 spiro atoms. The van der Waals surface area contributed by atoms with Crippen molar-refractivity contribution in [2.75, 3.05) is 11.9 Å². The Morgan fingerprint density at radius 2 is 1.70 bits per heavy atom. The van der Waals surface area contributed by atoms with Crippen molar-refractivity contribution in [3.63, 3.8) is 0 Å². The average molecular weight is 342 g/mol. The molecule has 0 heterocycles. The molecular formula is C15H22N2O5S. The zero-order valence-corrected chi connectivity index (χ0v) is 14.4. The predicted molar refractivity (Wildman–Crippen MR) is 86.3 cm³/mol. The lowest BCUT2D eigenvalue weighted by atomic mass is 10.2. The second-order valence-corrected chi connectivity index (χ2v) is 7.29. The highest BCUT2D eigenvalue weighted by Gasteiger charge is 2.23. The van der Waals surface area contributed by atoms with E-state index in [0.717, 1.165) is 0 Å². The highest BCUT2D eigenvalue weighted by atomic mass is 32.2. The van der Waals surface area contributed by atoms with Gasteiger partial charge < -0.3 is 10.1 Å². The first-order valence-corrected chi connectivity index (χ1v) is 8.66. The van der Waals surface area contributed by atoms with Crippen molar-refractivity contribution in [1.29, 1.82) is 0 Å². The Bertz CT molecular complexity index is 653. The lowest BCUT2D eigenvalue weighted by molar-refractivity contribution is -0.146. The molecular weight excluding hydrogens is 320 g/mol. The maximum absolute atomic E-state index is 12.2. The van der Waals surface area contributed by atoms with Crippen molar-refractivity contribution in [3.05, 3.63) is 24.3 Å². The third-order valence-electron chi connectivity index (χ3n) is 2.73. The molecule has 0 fully saturated rings. The Morgan fingerprint density at radius 1 is 1.13 bits per heavy atom. The highest BCUT2D eigenvalue weighted by Crippen LogP contribution is 2.14. The molecule has 0 bridgehead atoms. The molecule has 1 aromatic carbocycles. The number of nitrogens with one attached hydrogen (secondary N) is 2. The molecule has 0 saturated heterocycles. The van der Waals surface area contributed by atoms with Crippen molar-refractivity contribution in [1.82, 2.24) is 4.72 Å². The average Bonchev–Trinajstić information content (AvgIpc) is 2.44. The van der Waals surface area contributed by atoms with Crippen LogP contribution in [0.5, 0.6) is 0 Å². The van der Waals surface area contributed by atoms with Crippen molar-refractivity contribution >= 4 is 27.6 Å². The fraction of sp³-hybridized carbons (Fsp3) is 0.467. The SMILES string of the molecule is CC(=O)Nc1ccc(S(=O)(=O)N[C@H](C)C(=O)OCC(C)C)cc1. The molecule has 128 valence electrons. The van der Waals surface area contributed by atoms with Gasteiger partial charge in [-0.05, 0) is 37.1 Å². The van der Waals surface area contributed by atoms with Crippen LogP contribution in [0.2, 0.25) is 0 Å². The molecule has 0 radical (unpaired) electrons. The summed E-state index contributed by atoms with van der Waals surface area (Å²) in [6, 6.07) is 4.64. The Kier molecular flexibility index (Phi) is 6.71. The summed E-state index contributed by atoms with van der Waals surface area (Å²) in [6.07, 6.45) is 0. The zero-order valence-electron chi connectivity index (χ0n) is 13.6. The summed E-state index contributed by atoms with van der Waals surface area (Å²) < 4.78 is 31.7. The van der Waals surface area contributed by atoms with E-state index in [2.05, 4.69) is 10.0 Å². The Balaban J connectivity index is 2.74. The molecule has 1 rings (SSSR count). The maximum Gasteiger partial charge on any atom is 0.323 e. The first kappa shape index (κ1) is 19.1. The van der Waals surface area contributed by atoms with Crippen LogP contribution in [0.4, 0.5) is 5.69 Å². The van der Waals surface area contributed by atoms with Gasteiger partial charge in [0.05, 0.1) is 11.5 Å². The van der Waals surface area contributed by atoms with Crippen LogP contribution in [0.1, 0.15) is 27.7 Å². The van der Waals surface area contributed by atoms with Gasteiger partial charge in [-0.15, -0.1) is 0 Å². The van der Waals surface area contributed by atoms with E-state index in [-0.39, 0.29) is 23.3 Å². The molecule has 0 aliphatic carbocycles. The fourth-order valence-electron chi connectivity index (χ4n) is 1.64. The van der Waals surface area contributed by atoms with Crippen LogP contribution >= 0.6 is 0 Å². The van der Waals surface area contributed by atoms with Gasteiger partial charge in [-0.25, -0.2) is 8.42 Å². The van der Waals surface area contributed by atoms with E-state index >= 15 is 0 Å². The number of hydrogen-bond acceptors (Lipinski definition) is 5. The molecule has 0 aliphatic heterocycles. The molecule has 0 saturated carbocycles. The summed E-state index contributed by atoms with van der Waals surface area (Å²) in [7, 11) is -3.85. The molecule has 8 heteroatoms. The van der Waals surface area contributed by atoms with Gasteiger partial charge in [0.15, 0.2) is 0 Å². The van der Waals surface area contributed by atoms with E-state index in [1.54, 1.807) is 0 Å². The summed E-state index contributed by atoms with van der Waals surface area (Å²) in [5, 5.41) is 2.54. The minimum atomic E-state index is -3.85. The summed E-state index contributed by atoms with van der Waals surface area (Å²) >= 11 is 0. The lowest BCUT2D eigenvalue weighted by Crippen LogP contribution is -2.39. The highest BCUT2D eigenvalue weighted by molar-refractivity contribution is 7.89. The molecule has 2 N–H and O–H groups in total. The van der Waals surface area contributed by atoms with Crippen LogP contribution in [-0.4, -0.2) is 32.9 Å². The summed E-state index contributed by atoms with van der Waals surface area (Å²) in [5.41, 5.74) is 0.487. The van der Waals surface area contributed by atoms with Gasteiger partial charge in [0, 0.05) is 12.6 Å². The van der Waals surface area contributed by atoms with Gasteiger partial charge in [-0.1, -0.05) is 13.8 Å². The van der Waals surface area contributed by atoms with Crippen molar-refractivity contribution in [3.8, 4) is 0 Å². The maximum atomic E-state index is 12.2. The fourth-order valence-corrected chi connectivity index (χ4v) is 2.84. The number of carbonyl (C=O) groups is 2. The Morgan fingerprint density at radius 3 is 2.17 bits per heavy atom. The predicted octanol–water partition coefficient (Wildman–Crippen LogP) is 1.51. The molecule has 7 nitrogen and oxygen atoms in total. The number of hydrogen-bond donors (Lipinski definition) is 2. The van der Waals surface area contributed by atoms with Crippen LogP contribution in [0.15, 0.2) is 29.2 Å². The van der Waals surface area contributed by atoms with Gasteiger partial charge in [0.2, 0.25) is 15.9 Å². The Labute approximate surface area is 136 Å². The normalized spacial score (nSPS) is 12.7. The number of sulfonamides is 1. The molecule has 1 amide bonds. The van der Waals surface area contributed by atoms with Crippen molar-refractivity contribution < 1.29 is 22.7 Å². The number of rotatable bonds is 7. The second kappa shape index (κ2) is 8.07. The molecule has 23 heavy (non-hydrogen) atoms. The van der Waals surface area contributed by atoms with E-state index in [9.17, 15) is 18.0 Å². The summed E-state index contributed by atoms with van der Waals surface area (Å²) in [5.74, 6) is -0.707. The van der Waals surface area contributed by atoms with E-state index in [1.165, 1.54) is 38.1 Å². The van der Waals surface area contributed by atoms with Gasteiger partial charge in [-0.2, -0.15) is 4.72 Å². The quantitative estimate of drug-likeness (QED) is 0.731. The smallest absolute Gasteiger partial charge is 0.323 e. The molecule has 1 atom stereocenters. The second-order valence-electron chi connectivity index (χ2n) is 5.57. The monoisotopic (exact) mass is 342 g/mol. The zero-order chi connectivity index (χ0) is 17.6. The van der Waals surface area contributed by atoms with Crippen LogP contribution in [0, 0.1) is 5.92 Å². The number of amides is 1. The van der Waals surface area contributed by atoms with Crippen molar-refractivity contribution in [2.45, 2.75) is 38.6 Å². The van der Waals surface area contributed by atoms with Gasteiger partial charge in [-0.3, -0.25) is 9.59 Å². The van der Waals surface area contributed by atoms with Crippen LogP contribution < -0.4 is 10.0 Å². The van der Waals surface area contributed by atoms with E-state index in [4.69, 9.17) is 4.74 Å². The topological polar surface area (TPSA) is 102 Å². The van der Waals surface area contributed by atoms with E-state index in [0.29, 0.717) is 5.69 Å². The van der Waals surface area contributed by atoms with E-state index < -0.39 is 22.0 Å². The van der Waals surface area contributed by atoms with Crippen molar-refractivity contribution in [2.24, 2.45) is 5.92 Å². The molecule has 0 unspecified atom stereocenters. The number of ether oxygens (including phenoxy) is 1. The number of esters is 1. The molecule has 0 aliphatic rings. The third kappa shape index (κ3) is 6.37. The standard InChI is InChI=1S/C15H22N2O5S/c1-10(2)9-22-15(19)11(3)17-23(20,21)14-7-5-13(6-8-14)16-12(4)18/h5-8,10-11,17H,9H2,1-4H3,(H,16,18)/t11-/m1/s1. The molecule has 1 aromatic rings. The minimum Gasteiger partial charge on any atom is -0.464 e. The minimum absolute atomic E-state index is 0.00453. The largest absolute Gasteiger partial charge is 0.464 e. The van der Waals surface area contributed by atoms with Gasteiger partial charge >= 0.3 is 5.97 Å². The van der Waals surface area contributed by atoms with Crippen LogP contribution in [-0.2, 0) is 24.3 Å². The first-order valence-electron chi connectivity index (χ1n) is 7.18. The van der Waals surface area contributed by atoms with Crippen LogP contribution in [0.3, 0.4) is 0 Å². The summed E-state index contributed by atoms with van der Waals surface area (Å²) in [4.78, 5) is 22.7. The number of benzene rings is 1. The number of anilines is 1. The third-order valence-corrected chi connectivity index (χ3v) is 4.29. The van der Waals surface area contributed by atoms with Gasteiger partial charge in [0.1, 0.15) is 6.04 Å². The Hall–Kier alpha value is -1.93. The van der Waals surface area contributed by atoms with Gasteiger partial charge in [0.25, 0.3) is 0 Å². The number of carbonyl (C=O) groups excluding carboxylic acids is 2. The summed E-state index contributed by atoms with van der Waals surface area (Å²) in [6.45, 7) is 6.79. The first-order chi connectivity index (χ1) is 10.6. The molecule has 0 aromatic heterocycles. The lowest BCUT2D eigenvalue weighted by Gasteiger charge is -2.15.